The van der Waals surface area contributed by atoms with Gasteiger partial charge >= 0.3 is 12.1 Å². The Hall–Kier alpha value is -1.08. The monoisotopic (exact) mass is 335 g/mol. The van der Waals surface area contributed by atoms with Gasteiger partial charge in [0.1, 0.15) is 6.54 Å². The molecule has 1 heterocycles. The van der Waals surface area contributed by atoms with E-state index in [1.807, 2.05) is 12.1 Å². The number of hydrogen-bond acceptors (Lipinski definition) is 4. The van der Waals surface area contributed by atoms with E-state index in [0.29, 0.717) is 6.42 Å². The molecule has 0 bridgehead atoms. The van der Waals surface area contributed by atoms with Crippen molar-refractivity contribution in [2.75, 3.05) is 19.7 Å². The van der Waals surface area contributed by atoms with Crippen molar-refractivity contribution in [1.29, 1.82) is 0 Å². The molecule has 7 heteroatoms. The number of rotatable bonds is 6. The van der Waals surface area contributed by atoms with Crippen molar-refractivity contribution in [2.45, 2.75) is 13.3 Å². The predicted octanol–water partition coefficient (Wildman–Crippen LogP) is 2.60. The molecule has 0 saturated heterocycles. The molecule has 1 aromatic rings. The van der Waals surface area contributed by atoms with Crippen LogP contribution in [-0.4, -0.2) is 41.8 Å². The molecule has 0 aliphatic carbocycles. The van der Waals surface area contributed by atoms with E-state index in [0.717, 1.165) is 13.6 Å². The van der Waals surface area contributed by atoms with E-state index in [2.05, 4.69) is 15.9 Å². The molecule has 0 aliphatic rings. The zero-order chi connectivity index (χ0) is 13.5. The van der Waals surface area contributed by atoms with E-state index in [4.69, 9.17) is 9.84 Å². The quantitative estimate of drug-likeness (QED) is 0.811. The van der Waals surface area contributed by atoms with Gasteiger partial charge in [0.2, 0.25) is 0 Å². The summed E-state index contributed by atoms with van der Waals surface area (Å²) in [6.07, 6.45) is -0.527. The summed E-state index contributed by atoms with van der Waals surface area (Å²) in [7, 11) is 0. The molecule has 1 aromatic heterocycles. The van der Waals surface area contributed by atoms with Crippen molar-refractivity contribution in [2.24, 2.45) is 0 Å². The SMILES string of the molecule is CCOC(=O)CN(CCc1ccc(Br)s1)C(=O)O. The molecule has 1 amide bonds. The van der Waals surface area contributed by atoms with Gasteiger partial charge in [-0.15, -0.1) is 11.3 Å². The molecular formula is C11H14BrNO4S. The highest BCUT2D eigenvalue weighted by Crippen LogP contribution is 2.22. The van der Waals surface area contributed by atoms with E-state index in [-0.39, 0.29) is 19.7 Å². The summed E-state index contributed by atoms with van der Waals surface area (Å²) in [5.74, 6) is -0.521. The van der Waals surface area contributed by atoms with Gasteiger partial charge in [0.05, 0.1) is 10.4 Å². The number of halogens is 1. The summed E-state index contributed by atoms with van der Waals surface area (Å²) in [6.45, 7) is 1.99. The summed E-state index contributed by atoms with van der Waals surface area (Å²) in [4.78, 5) is 24.3. The van der Waals surface area contributed by atoms with Gasteiger partial charge in [-0.25, -0.2) is 4.79 Å². The first-order valence-corrected chi connectivity index (χ1v) is 7.01. The lowest BCUT2D eigenvalue weighted by Crippen LogP contribution is -2.36. The lowest BCUT2D eigenvalue weighted by molar-refractivity contribution is -0.144. The standard InChI is InChI=1S/C11H14BrNO4S/c1-2-17-10(14)7-13(11(15)16)6-5-8-3-4-9(12)18-8/h3-4H,2,5-7H2,1H3,(H,15,16). The van der Waals surface area contributed by atoms with E-state index in [1.54, 1.807) is 18.3 Å². The van der Waals surface area contributed by atoms with E-state index < -0.39 is 12.1 Å². The molecule has 18 heavy (non-hydrogen) atoms. The number of carbonyl (C=O) groups is 2. The number of nitrogens with zero attached hydrogens (tertiary/aromatic N) is 1. The Morgan fingerprint density at radius 2 is 2.22 bits per heavy atom. The van der Waals surface area contributed by atoms with E-state index >= 15 is 0 Å². The summed E-state index contributed by atoms with van der Waals surface area (Å²) >= 11 is 4.89. The highest BCUT2D eigenvalue weighted by molar-refractivity contribution is 9.11. The van der Waals surface area contributed by atoms with Crippen molar-refractivity contribution >= 4 is 39.3 Å². The Morgan fingerprint density at radius 1 is 1.50 bits per heavy atom. The Kier molecular flexibility index (Phi) is 6.14. The molecule has 0 radical (unpaired) electrons. The van der Waals surface area contributed by atoms with Crippen molar-refractivity contribution in [3.63, 3.8) is 0 Å². The van der Waals surface area contributed by atoms with Gasteiger partial charge in [0, 0.05) is 11.4 Å². The Bertz CT molecular complexity index is 421. The van der Waals surface area contributed by atoms with Crippen molar-refractivity contribution < 1.29 is 19.4 Å². The summed E-state index contributed by atoms with van der Waals surface area (Å²) < 4.78 is 5.73. The topological polar surface area (TPSA) is 66.8 Å². The third kappa shape index (κ3) is 5.05. The second-order valence-electron chi connectivity index (χ2n) is 3.46. The molecule has 0 spiro atoms. The molecule has 5 nitrogen and oxygen atoms in total. The molecule has 0 aromatic carbocycles. The van der Waals surface area contributed by atoms with Crippen LogP contribution < -0.4 is 0 Å². The van der Waals surface area contributed by atoms with Gasteiger partial charge < -0.3 is 9.84 Å². The smallest absolute Gasteiger partial charge is 0.407 e. The van der Waals surface area contributed by atoms with Crippen LogP contribution in [-0.2, 0) is 16.0 Å². The molecule has 0 atom stereocenters. The lowest BCUT2D eigenvalue weighted by atomic mass is 10.3. The maximum absolute atomic E-state index is 11.2. The third-order valence-electron chi connectivity index (χ3n) is 2.15. The predicted molar refractivity (Wildman–Crippen MR) is 72.0 cm³/mol. The van der Waals surface area contributed by atoms with E-state index in [1.165, 1.54) is 0 Å². The molecule has 0 unspecified atom stereocenters. The Labute approximate surface area is 117 Å². The van der Waals surface area contributed by atoms with Gasteiger partial charge in [-0.1, -0.05) is 0 Å². The Morgan fingerprint density at radius 3 is 2.72 bits per heavy atom. The first-order chi connectivity index (χ1) is 8.52. The molecule has 0 fully saturated rings. The first-order valence-electron chi connectivity index (χ1n) is 5.40. The van der Waals surface area contributed by atoms with Crippen LogP contribution in [0, 0.1) is 0 Å². The van der Waals surface area contributed by atoms with Crippen LogP contribution in [0.4, 0.5) is 4.79 Å². The normalized spacial score (nSPS) is 10.1. The summed E-state index contributed by atoms with van der Waals surface area (Å²) in [6, 6.07) is 3.84. The second-order valence-corrected chi connectivity index (χ2v) is 6.01. The van der Waals surface area contributed by atoms with Gasteiger partial charge in [-0.05, 0) is 41.4 Å². The molecule has 0 saturated carbocycles. The minimum atomic E-state index is -1.11. The van der Waals surface area contributed by atoms with Crippen LogP contribution in [0.25, 0.3) is 0 Å². The number of ether oxygens (including phenoxy) is 1. The average molecular weight is 336 g/mol. The molecular weight excluding hydrogens is 322 g/mol. The minimum Gasteiger partial charge on any atom is -0.465 e. The molecule has 100 valence electrons. The van der Waals surface area contributed by atoms with Crippen LogP contribution in [0.1, 0.15) is 11.8 Å². The van der Waals surface area contributed by atoms with Crippen LogP contribution in [0.2, 0.25) is 0 Å². The third-order valence-corrected chi connectivity index (χ3v) is 3.84. The number of amides is 1. The largest absolute Gasteiger partial charge is 0.465 e. The molecule has 1 N–H and O–H groups in total. The lowest BCUT2D eigenvalue weighted by Gasteiger charge is -2.17. The van der Waals surface area contributed by atoms with Crippen LogP contribution in [0.15, 0.2) is 15.9 Å². The number of carboxylic acid groups (broad SMARTS) is 1. The summed E-state index contributed by atoms with van der Waals surface area (Å²) in [5.41, 5.74) is 0. The van der Waals surface area contributed by atoms with Crippen LogP contribution in [0.5, 0.6) is 0 Å². The minimum absolute atomic E-state index is 0.226. The fourth-order valence-corrected chi connectivity index (χ4v) is 2.81. The van der Waals surface area contributed by atoms with Crippen LogP contribution >= 0.6 is 27.3 Å². The second kappa shape index (κ2) is 7.38. The number of thiophene rings is 1. The highest BCUT2D eigenvalue weighted by atomic mass is 79.9. The molecule has 1 rings (SSSR count). The van der Waals surface area contributed by atoms with Crippen molar-refractivity contribution in [3.8, 4) is 0 Å². The molecule has 0 aliphatic heterocycles. The van der Waals surface area contributed by atoms with Gasteiger partial charge in [-0.3, -0.25) is 9.69 Å². The zero-order valence-corrected chi connectivity index (χ0v) is 12.3. The maximum Gasteiger partial charge on any atom is 0.407 e. The maximum atomic E-state index is 11.2. The van der Waals surface area contributed by atoms with Crippen molar-refractivity contribution in [3.05, 3.63) is 20.8 Å². The van der Waals surface area contributed by atoms with Gasteiger partial charge in [0.25, 0.3) is 0 Å². The van der Waals surface area contributed by atoms with Gasteiger partial charge in [-0.2, -0.15) is 0 Å². The number of carbonyl (C=O) groups excluding carboxylic acids is 1. The van der Waals surface area contributed by atoms with Gasteiger partial charge in [0.15, 0.2) is 0 Å². The zero-order valence-electron chi connectivity index (χ0n) is 9.89. The highest BCUT2D eigenvalue weighted by Gasteiger charge is 2.16. The van der Waals surface area contributed by atoms with Crippen LogP contribution in [0.3, 0.4) is 0 Å². The van der Waals surface area contributed by atoms with E-state index in [9.17, 15) is 9.59 Å². The number of hydrogen-bond donors (Lipinski definition) is 1. The van der Waals surface area contributed by atoms with Crippen molar-refractivity contribution in [1.82, 2.24) is 4.90 Å². The fourth-order valence-electron chi connectivity index (χ4n) is 1.34. The average Bonchev–Trinajstić information content (AvgIpc) is 2.70. The number of esters is 1. The fraction of sp³-hybridized carbons (Fsp3) is 0.455. The Balaban J connectivity index is 2.48. The first kappa shape index (κ1) is 15.0. The summed E-state index contributed by atoms with van der Waals surface area (Å²) in [5, 5.41) is 8.99.